The van der Waals surface area contributed by atoms with E-state index in [1.165, 1.54) is 23.2 Å². The largest absolute Gasteiger partial charge is 0.472 e. The van der Waals surface area contributed by atoms with Crippen LogP contribution in [0, 0.1) is 0 Å². The summed E-state index contributed by atoms with van der Waals surface area (Å²) < 4.78 is 76.3. The number of nitrogens with two attached hydrogens (primary N) is 2. The van der Waals surface area contributed by atoms with E-state index in [-0.39, 0.29) is 34.0 Å². The van der Waals surface area contributed by atoms with Gasteiger partial charge in [0.2, 0.25) is 5.95 Å². The van der Waals surface area contributed by atoms with Gasteiger partial charge < -0.3 is 40.6 Å². The van der Waals surface area contributed by atoms with E-state index in [1.54, 1.807) is 0 Å². The smallest absolute Gasteiger partial charge is 0.397 e. The molecule has 25 heteroatoms. The fourth-order valence-electron chi connectivity index (χ4n) is 5.15. The number of aliphatic hydroxyl groups excluding tert-OH is 1. The van der Waals surface area contributed by atoms with Gasteiger partial charge >= 0.3 is 15.4 Å². The molecular formula is C20H23FN10O12P2. The first-order valence-corrected chi connectivity index (χ1v) is 16.2. The third-order valence-corrected chi connectivity index (χ3v) is 9.18. The Morgan fingerprint density at radius 1 is 1.07 bits per heavy atom. The van der Waals surface area contributed by atoms with Crippen LogP contribution in [0.3, 0.4) is 0 Å². The summed E-state index contributed by atoms with van der Waals surface area (Å²) in [7, 11) is -10.1. The van der Waals surface area contributed by atoms with E-state index < -0.39 is 83.3 Å². The lowest BCUT2D eigenvalue weighted by molar-refractivity contribution is -0.170. The predicted octanol–water partition coefficient (Wildman–Crippen LogP) is -1.36. The fourth-order valence-corrected chi connectivity index (χ4v) is 7.12. The van der Waals surface area contributed by atoms with Crippen molar-refractivity contribution in [3.8, 4) is 0 Å². The van der Waals surface area contributed by atoms with Crippen LogP contribution in [0.15, 0.2) is 23.4 Å². The van der Waals surface area contributed by atoms with Crippen LogP contribution in [0.1, 0.15) is 12.5 Å². The molecule has 4 aromatic heterocycles. The highest BCUT2D eigenvalue weighted by Gasteiger charge is 2.54. The summed E-state index contributed by atoms with van der Waals surface area (Å²) in [5, 5.41) is 18.3. The number of rotatable bonds is 2. The van der Waals surface area contributed by atoms with Gasteiger partial charge in [0.1, 0.15) is 29.9 Å². The first kappa shape index (κ1) is 30.2. The van der Waals surface area contributed by atoms with Crippen molar-refractivity contribution in [3.63, 3.8) is 0 Å². The van der Waals surface area contributed by atoms with E-state index in [2.05, 4.69) is 30.2 Å². The number of alkyl halides is 1. The second-order valence-electron chi connectivity index (χ2n) is 10.1. The molecule has 10 atom stereocenters. The van der Waals surface area contributed by atoms with Gasteiger partial charge in [-0.2, -0.15) is 9.67 Å². The van der Waals surface area contributed by atoms with Crippen LogP contribution in [0.5, 0.6) is 0 Å². The number of aromatic amines is 1. The molecular weight excluding hydrogens is 653 g/mol. The molecule has 3 aliphatic rings. The van der Waals surface area contributed by atoms with Gasteiger partial charge in [-0.1, -0.05) is 5.21 Å². The van der Waals surface area contributed by atoms with Crippen LogP contribution in [0.2, 0.25) is 0 Å². The molecule has 0 radical (unpaired) electrons. The summed E-state index contributed by atoms with van der Waals surface area (Å²) in [5.41, 5.74) is 10.8. The Morgan fingerprint density at radius 2 is 1.87 bits per heavy atom. The standard InChI is InChI=1S/C20H23FN10O12P2/c21-8-12-7(40-17(8)30-4-25-9-6(22)1-2-24-14(9)30)3-39-45(36,37)43-13-11(32)19(38-5-44(34,35)42-12)41-18(13)31-15-10(28-29-31)16(33)27-20(23)26-15/h1-2,4,7-8,11-13,17-19,32H,3,5H2,(H2,22,24)(H,34,35)(H,36,37)(H3,23,26,27,33)/t7-,8+,11?,12?,13+,17-,18-,19+/m1/s1. The number of fused-ring (bicyclic) bond motifs is 5. The zero-order valence-electron chi connectivity index (χ0n) is 22.3. The molecule has 2 bridgehead atoms. The SMILES string of the molecule is Nc1nc2c(nnn2[C@@H]2O[C@@H]3OCP(=O)(O)OC4[C@@H](COP(=O)(O)O[C@H]2C3O)O[C@@H](n2cnc3c(N)ccnc32)[C@H]4F)c(=O)[nH]1. The van der Waals surface area contributed by atoms with Gasteiger partial charge in [-0.3, -0.25) is 32.5 Å². The van der Waals surface area contributed by atoms with E-state index in [0.717, 1.165) is 4.68 Å². The van der Waals surface area contributed by atoms with Crippen LogP contribution >= 0.6 is 15.4 Å². The quantitative estimate of drug-likeness (QED) is 0.133. The van der Waals surface area contributed by atoms with Crippen molar-refractivity contribution in [2.24, 2.45) is 0 Å². The van der Waals surface area contributed by atoms with E-state index in [1.807, 2.05) is 0 Å². The highest BCUT2D eigenvalue weighted by atomic mass is 31.2. The average molecular weight is 676 g/mol. The number of hydrogen-bond acceptors (Lipinski definition) is 17. The number of H-pyrrole nitrogens is 1. The number of phosphoric ester groups is 1. The number of anilines is 2. The molecule has 8 N–H and O–H groups in total. The Kier molecular flexibility index (Phi) is 7.26. The predicted molar refractivity (Wildman–Crippen MR) is 142 cm³/mol. The van der Waals surface area contributed by atoms with Crippen LogP contribution in [0.4, 0.5) is 16.0 Å². The van der Waals surface area contributed by atoms with Crippen molar-refractivity contribution in [1.82, 2.24) is 39.5 Å². The lowest BCUT2D eigenvalue weighted by atomic mass is 10.1. The van der Waals surface area contributed by atoms with E-state index in [4.69, 9.17) is 39.2 Å². The Balaban J connectivity index is 1.21. The highest BCUT2D eigenvalue weighted by Crippen LogP contribution is 2.53. The minimum atomic E-state index is -5.19. The van der Waals surface area contributed by atoms with Crippen molar-refractivity contribution in [3.05, 3.63) is 28.9 Å². The number of hydrogen-bond donors (Lipinski definition) is 6. The van der Waals surface area contributed by atoms with Crippen LogP contribution in [0.25, 0.3) is 22.3 Å². The monoisotopic (exact) mass is 676 g/mol. The molecule has 0 spiro atoms. The van der Waals surface area contributed by atoms with E-state index in [9.17, 15) is 28.8 Å². The fraction of sp³-hybridized carbons (Fsp3) is 0.500. The minimum absolute atomic E-state index is 0.122. The number of imidazole rings is 1. The van der Waals surface area contributed by atoms with E-state index in [0.29, 0.717) is 0 Å². The molecule has 3 fully saturated rings. The van der Waals surface area contributed by atoms with Crippen LogP contribution in [-0.4, -0.2) is 104 Å². The van der Waals surface area contributed by atoms with Crippen molar-refractivity contribution in [1.29, 1.82) is 0 Å². The minimum Gasteiger partial charge on any atom is -0.397 e. The number of nitrogens with one attached hydrogen (secondary N) is 1. The average Bonchev–Trinajstić information content (AvgIpc) is 3.72. The topological polar surface area (TPSA) is 309 Å². The van der Waals surface area contributed by atoms with Crippen molar-refractivity contribution >= 4 is 49.4 Å². The maximum Gasteiger partial charge on any atom is 0.472 e. The van der Waals surface area contributed by atoms with Gasteiger partial charge in [-0.05, 0) is 6.07 Å². The van der Waals surface area contributed by atoms with Gasteiger partial charge in [0.05, 0.1) is 18.6 Å². The summed E-state index contributed by atoms with van der Waals surface area (Å²) in [5.74, 6) is -0.338. The van der Waals surface area contributed by atoms with Gasteiger partial charge in [0, 0.05) is 6.20 Å². The number of pyridine rings is 1. The molecule has 45 heavy (non-hydrogen) atoms. The third kappa shape index (κ3) is 5.30. The third-order valence-electron chi connectivity index (χ3n) is 7.14. The maximum atomic E-state index is 15.9. The Hall–Kier alpha value is -3.47. The number of aliphatic hydroxyl groups is 1. The van der Waals surface area contributed by atoms with Crippen LogP contribution in [-0.2, 0) is 36.9 Å². The zero-order chi connectivity index (χ0) is 31.8. The molecule has 0 aromatic carbocycles. The summed E-state index contributed by atoms with van der Waals surface area (Å²) in [4.78, 5) is 47.9. The molecule has 4 aromatic rings. The number of nitrogen functional groups attached to an aromatic ring is 2. The second kappa shape index (κ2) is 10.8. The zero-order valence-corrected chi connectivity index (χ0v) is 24.1. The number of aromatic nitrogens is 8. The molecule has 22 nitrogen and oxygen atoms in total. The molecule has 3 saturated heterocycles. The molecule has 0 saturated carbocycles. The molecule has 7 heterocycles. The number of phosphoric acid groups is 1. The van der Waals surface area contributed by atoms with E-state index >= 15 is 4.39 Å². The molecule has 4 unspecified atom stereocenters. The Bertz CT molecular complexity index is 1940. The molecule has 242 valence electrons. The van der Waals surface area contributed by atoms with Gasteiger partial charge in [-0.15, -0.1) is 5.10 Å². The molecule has 0 aliphatic carbocycles. The number of ether oxygens (including phenoxy) is 3. The van der Waals surface area contributed by atoms with Gasteiger partial charge in [0.25, 0.3) is 5.56 Å². The van der Waals surface area contributed by atoms with Crippen LogP contribution < -0.4 is 17.0 Å². The Morgan fingerprint density at radius 3 is 2.67 bits per heavy atom. The second-order valence-corrected chi connectivity index (χ2v) is 13.3. The molecule has 7 rings (SSSR count). The molecule has 0 amide bonds. The Labute approximate surface area is 248 Å². The summed E-state index contributed by atoms with van der Waals surface area (Å²) in [6, 6.07) is 1.48. The summed E-state index contributed by atoms with van der Waals surface area (Å²) in [6.07, 6.45) is -13.0. The highest BCUT2D eigenvalue weighted by molar-refractivity contribution is 7.52. The summed E-state index contributed by atoms with van der Waals surface area (Å²) in [6.45, 7) is -0.907. The van der Waals surface area contributed by atoms with Crippen molar-refractivity contribution in [2.75, 3.05) is 24.4 Å². The lowest BCUT2D eigenvalue weighted by Crippen LogP contribution is -2.35. The first-order valence-electron chi connectivity index (χ1n) is 12.9. The lowest BCUT2D eigenvalue weighted by Gasteiger charge is -2.25. The number of halogens is 1. The maximum absolute atomic E-state index is 15.9. The summed E-state index contributed by atoms with van der Waals surface area (Å²) >= 11 is 0. The first-order chi connectivity index (χ1) is 21.3. The normalized spacial score (nSPS) is 37.7. The number of nitrogens with zero attached hydrogens (tertiary/aromatic N) is 7. The molecule has 3 aliphatic heterocycles. The van der Waals surface area contributed by atoms with Crippen molar-refractivity contribution < 1.29 is 56.2 Å². The van der Waals surface area contributed by atoms with Gasteiger partial charge in [0.15, 0.2) is 48.1 Å². The van der Waals surface area contributed by atoms with Gasteiger partial charge in [-0.25, -0.2) is 18.9 Å². The van der Waals surface area contributed by atoms with Crippen molar-refractivity contribution in [2.45, 2.75) is 49.3 Å².